The summed E-state index contributed by atoms with van der Waals surface area (Å²) in [7, 11) is 0. The first kappa shape index (κ1) is 13.6. The third-order valence-electron chi connectivity index (χ3n) is 2.08. The number of hydrogen-bond donors (Lipinski definition) is 0. The molecule has 0 aromatic heterocycles. The minimum absolute atomic E-state index is 0.00142. The Labute approximate surface area is 123 Å². The van der Waals surface area contributed by atoms with E-state index in [1.807, 2.05) is 30.3 Å². The van der Waals surface area contributed by atoms with Gasteiger partial charge in [-0.15, -0.1) is 6.58 Å². The Hall–Kier alpha value is -0.780. The van der Waals surface area contributed by atoms with E-state index in [1.165, 1.54) is 23.5 Å². The summed E-state index contributed by atoms with van der Waals surface area (Å²) >= 11 is 6.11. The zero-order valence-electron chi connectivity index (χ0n) is 9.43. The second kappa shape index (κ2) is 6.41. The number of aliphatic imine (C=N–C) groups is 1. The Bertz CT molecular complexity index is 552. The Morgan fingerprint density at radius 2 is 2.33 bits per heavy atom. The molecule has 2 rings (SSSR count). The van der Waals surface area contributed by atoms with Crippen LogP contribution < -0.4 is 0 Å². The molecule has 92 valence electrons. The second-order valence-corrected chi connectivity index (χ2v) is 6.60. The summed E-state index contributed by atoms with van der Waals surface area (Å²) in [4.78, 5) is 16.1. The molecule has 0 amide bonds. The Kier molecular flexibility index (Phi) is 4.86. The zero-order valence-corrected chi connectivity index (χ0v) is 12.6. The lowest BCUT2D eigenvalue weighted by Crippen LogP contribution is -1.88. The molecule has 0 saturated carbocycles. The van der Waals surface area contributed by atoms with E-state index in [9.17, 15) is 4.79 Å². The molecule has 1 aliphatic heterocycles. The molecule has 0 spiro atoms. The number of thioether (sulfide) groups is 2. The minimum Gasteiger partial charge on any atom is -0.279 e. The number of benzene rings is 1. The van der Waals surface area contributed by atoms with Crippen molar-refractivity contribution < 1.29 is 4.79 Å². The van der Waals surface area contributed by atoms with Gasteiger partial charge in [0.05, 0.1) is 0 Å². The van der Waals surface area contributed by atoms with Crippen molar-refractivity contribution in [3.8, 4) is 0 Å². The molecule has 0 radical (unpaired) electrons. The maximum absolute atomic E-state index is 11.8. The predicted octanol–water partition coefficient (Wildman–Crippen LogP) is 4.34. The van der Waals surface area contributed by atoms with E-state index in [2.05, 4.69) is 27.5 Å². The number of halogens is 1. The van der Waals surface area contributed by atoms with Crippen molar-refractivity contribution in [2.45, 2.75) is 0 Å². The molecule has 0 fully saturated rings. The molecule has 0 aliphatic carbocycles. The SMILES string of the molecule is C=CCSC1=NC(=Cc2cccc(Br)c2)C(=O)S1. The third-order valence-corrected chi connectivity index (χ3v) is 4.58. The largest absolute Gasteiger partial charge is 0.279 e. The molecular weight excluding hydrogens is 330 g/mol. The van der Waals surface area contributed by atoms with Crippen LogP contribution in [-0.2, 0) is 4.79 Å². The summed E-state index contributed by atoms with van der Waals surface area (Å²) in [6.07, 6.45) is 3.61. The molecule has 0 unspecified atom stereocenters. The lowest BCUT2D eigenvalue weighted by Gasteiger charge is -1.95. The first-order valence-electron chi connectivity index (χ1n) is 5.21. The molecule has 0 atom stereocenters. The van der Waals surface area contributed by atoms with E-state index in [4.69, 9.17) is 0 Å². The van der Waals surface area contributed by atoms with Gasteiger partial charge >= 0.3 is 0 Å². The van der Waals surface area contributed by atoms with Crippen LogP contribution >= 0.6 is 39.5 Å². The Balaban J connectivity index is 2.19. The van der Waals surface area contributed by atoms with Crippen molar-refractivity contribution in [3.63, 3.8) is 0 Å². The van der Waals surface area contributed by atoms with Gasteiger partial charge in [-0.25, -0.2) is 4.99 Å². The number of carbonyl (C=O) groups excluding carboxylic acids is 1. The molecule has 1 aliphatic rings. The van der Waals surface area contributed by atoms with Gasteiger partial charge in [0.2, 0.25) is 5.12 Å². The summed E-state index contributed by atoms with van der Waals surface area (Å²) in [5.41, 5.74) is 1.47. The van der Waals surface area contributed by atoms with Gasteiger partial charge in [-0.1, -0.05) is 45.9 Å². The van der Waals surface area contributed by atoms with Gasteiger partial charge in [0.1, 0.15) is 10.1 Å². The fourth-order valence-electron chi connectivity index (χ4n) is 1.34. The zero-order chi connectivity index (χ0) is 13.0. The predicted molar refractivity (Wildman–Crippen MR) is 84.8 cm³/mol. The number of rotatable bonds is 3. The molecular formula is C13H10BrNOS2. The fourth-order valence-corrected chi connectivity index (χ4v) is 3.35. The minimum atomic E-state index is 0.00142. The smallest absolute Gasteiger partial charge is 0.244 e. The first-order valence-corrected chi connectivity index (χ1v) is 7.80. The topological polar surface area (TPSA) is 29.4 Å². The summed E-state index contributed by atoms with van der Waals surface area (Å²) in [6.45, 7) is 3.65. The summed E-state index contributed by atoms with van der Waals surface area (Å²) in [5, 5.41) is 0.00142. The van der Waals surface area contributed by atoms with Crippen LogP contribution in [0.1, 0.15) is 5.56 Å². The third kappa shape index (κ3) is 3.60. The molecule has 1 aromatic rings. The van der Waals surface area contributed by atoms with Crippen molar-refractivity contribution in [1.82, 2.24) is 0 Å². The van der Waals surface area contributed by atoms with Crippen molar-refractivity contribution >= 4 is 55.0 Å². The van der Waals surface area contributed by atoms with Crippen molar-refractivity contribution in [2.24, 2.45) is 4.99 Å². The lowest BCUT2D eigenvalue weighted by atomic mass is 10.2. The maximum Gasteiger partial charge on any atom is 0.244 e. The van der Waals surface area contributed by atoms with E-state index >= 15 is 0 Å². The highest BCUT2D eigenvalue weighted by Crippen LogP contribution is 2.31. The molecule has 5 heteroatoms. The highest BCUT2D eigenvalue weighted by Gasteiger charge is 2.21. The number of carbonyl (C=O) groups is 1. The Morgan fingerprint density at radius 1 is 1.50 bits per heavy atom. The van der Waals surface area contributed by atoms with Gasteiger partial charge < -0.3 is 0 Å². The van der Waals surface area contributed by atoms with Gasteiger partial charge in [-0.3, -0.25) is 4.79 Å². The molecule has 2 nitrogen and oxygen atoms in total. The van der Waals surface area contributed by atoms with Gasteiger partial charge in [0.25, 0.3) is 0 Å². The van der Waals surface area contributed by atoms with Crippen LogP contribution in [0.3, 0.4) is 0 Å². The fraction of sp³-hybridized carbons (Fsp3) is 0.0769. The monoisotopic (exact) mass is 339 g/mol. The van der Waals surface area contributed by atoms with Crippen LogP contribution in [0, 0.1) is 0 Å². The molecule has 18 heavy (non-hydrogen) atoms. The standard InChI is InChI=1S/C13H10BrNOS2/c1-2-6-17-13-15-11(12(16)18-13)8-9-4-3-5-10(14)7-9/h2-5,7-8H,1,6H2. The maximum atomic E-state index is 11.8. The van der Waals surface area contributed by atoms with E-state index in [0.717, 1.165) is 20.2 Å². The average molecular weight is 340 g/mol. The molecule has 0 bridgehead atoms. The van der Waals surface area contributed by atoms with Gasteiger partial charge in [-0.2, -0.15) is 0 Å². The van der Waals surface area contributed by atoms with E-state index in [-0.39, 0.29) is 5.12 Å². The molecule has 1 aromatic carbocycles. The highest BCUT2D eigenvalue weighted by atomic mass is 79.9. The molecule has 0 saturated heterocycles. The van der Waals surface area contributed by atoms with Crippen LogP contribution in [-0.4, -0.2) is 15.2 Å². The molecule has 1 heterocycles. The van der Waals surface area contributed by atoms with E-state index in [0.29, 0.717) is 5.70 Å². The van der Waals surface area contributed by atoms with Gasteiger partial charge in [0, 0.05) is 10.2 Å². The highest BCUT2D eigenvalue weighted by molar-refractivity contribution is 9.10. The quantitative estimate of drug-likeness (QED) is 0.606. The van der Waals surface area contributed by atoms with Crippen LogP contribution in [0.4, 0.5) is 0 Å². The van der Waals surface area contributed by atoms with E-state index in [1.54, 1.807) is 6.08 Å². The lowest BCUT2D eigenvalue weighted by molar-refractivity contribution is -0.107. The van der Waals surface area contributed by atoms with Crippen molar-refractivity contribution in [1.29, 1.82) is 0 Å². The van der Waals surface area contributed by atoms with Crippen LogP contribution in [0.5, 0.6) is 0 Å². The average Bonchev–Trinajstić information content (AvgIpc) is 2.68. The summed E-state index contributed by atoms with van der Waals surface area (Å²) in [6, 6.07) is 7.78. The Morgan fingerprint density at radius 3 is 3.06 bits per heavy atom. The van der Waals surface area contributed by atoms with Crippen molar-refractivity contribution in [3.05, 3.63) is 52.7 Å². The van der Waals surface area contributed by atoms with Crippen LogP contribution in [0.25, 0.3) is 6.08 Å². The molecule has 0 N–H and O–H groups in total. The summed E-state index contributed by atoms with van der Waals surface area (Å²) in [5.74, 6) is 0.767. The number of nitrogens with zero attached hydrogens (tertiary/aromatic N) is 1. The summed E-state index contributed by atoms with van der Waals surface area (Å²) < 4.78 is 1.78. The van der Waals surface area contributed by atoms with Gasteiger partial charge in [-0.05, 0) is 35.5 Å². The van der Waals surface area contributed by atoms with Crippen LogP contribution in [0.2, 0.25) is 0 Å². The first-order chi connectivity index (χ1) is 8.69. The normalized spacial score (nSPS) is 17.1. The van der Waals surface area contributed by atoms with Crippen molar-refractivity contribution in [2.75, 3.05) is 5.75 Å². The van der Waals surface area contributed by atoms with Gasteiger partial charge in [0.15, 0.2) is 0 Å². The van der Waals surface area contributed by atoms with Crippen LogP contribution in [0.15, 0.2) is 52.1 Å². The van der Waals surface area contributed by atoms with E-state index < -0.39 is 0 Å². The second-order valence-electron chi connectivity index (χ2n) is 3.45. The number of hydrogen-bond acceptors (Lipinski definition) is 4.